The van der Waals surface area contributed by atoms with Crippen LogP contribution in [0.3, 0.4) is 0 Å². The van der Waals surface area contributed by atoms with Gasteiger partial charge in [-0.3, -0.25) is 19.1 Å². The Bertz CT molecular complexity index is 818. The predicted molar refractivity (Wildman–Crippen MR) is 93.2 cm³/mol. The number of hydrogen-bond acceptors (Lipinski definition) is 4. The minimum Gasteiger partial charge on any atom is -0.480 e. The molecule has 3 rings (SSSR count). The number of carbonyl (C=O) groups is 3. The van der Waals surface area contributed by atoms with Crippen LogP contribution in [0.1, 0.15) is 24.9 Å². The average Bonchev–Trinajstić information content (AvgIpc) is 3.21. The van der Waals surface area contributed by atoms with Gasteiger partial charge < -0.3 is 15.3 Å². The van der Waals surface area contributed by atoms with Crippen LogP contribution in [0.25, 0.3) is 0 Å². The number of nitrogens with zero attached hydrogens (tertiary/aromatic N) is 3. The van der Waals surface area contributed by atoms with Gasteiger partial charge in [-0.1, -0.05) is 30.3 Å². The number of hydrogen-bond donors (Lipinski definition) is 2. The zero-order valence-electron chi connectivity index (χ0n) is 14.3. The molecule has 1 aromatic heterocycles. The molecule has 0 bridgehead atoms. The SMILES string of the molecule is C[C@@H](c1ccccc1)N1C[C@H](C(=O)Nc2ccn(CC(=O)O)n2)CC1=O. The molecule has 0 aliphatic carbocycles. The third-order valence-corrected chi connectivity index (χ3v) is 4.47. The van der Waals surface area contributed by atoms with E-state index in [0.717, 1.165) is 5.56 Å². The lowest BCUT2D eigenvalue weighted by atomic mass is 10.1. The first kappa shape index (κ1) is 17.7. The van der Waals surface area contributed by atoms with E-state index in [4.69, 9.17) is 5.11 Å². The largest absolute Gasteiger partial charge is 0.480 e. The minimum absolute atomic E-state index is 0.0575. The van der Waals surface area contributed by atoms with Gasteiger partial charge in [0.1, 0.15) is 6.54 Å². The molecule has 1 saturated heterocycles. The van der Waals surface area contributed by atoms with Crippen molar-refractivity contribution in [2.75, 3.05) is 11.9 Å². The van der Waals surface area contributed by atoms with Crippen LogP contribution in [-0.4, -0.2) is 44.1 Å². The van der Waals surface area contributed by atoms with Crippen LogP contribution < -0.4 is 5.32 Å². The Morgan fingerprint density at radius 3 is 2.73 bits per heavy atom. The standard InChI is InChI=1S/C18H20N4O4/c1-12(13-5-3-2-4-6-13)22-10-14(9-16(22)23)18(26)19-15-7-8-21(20-15)11-17(24)25/h2-8,12,14H,9-11H2,1H3,(H,24,25)(H,19,20,26)/t12-,14+/m0/s1. The molecular weight excluding hydrogens is 336 g/mol. The molecule has 136 valence electrons. The molecule has 1 aliphatic heterocycles. The molecule has 1 fully saturated rings. The summed E-state index contributed by atoms with van der Waals surface area (Å²) in [6, 6.07) is 11.1. The smallest absolute Gasteiger partial charge is 0.325 e. The number of anilines is 1. The van der Waals surface area contributed by atoms with E-state index in [-0.39, 0.29) is 36.6 Å². The second-order valence-electron chi connectivity index (χ2n) is 6.32. The summed E-state index contributed by atoms with van der Waals surface area (Å²) in [7, 11) is 0. The van der Waals surface area contributed by atoms with Gasteiger partial charge in [0.2, 0.25) is 11.8 Å². The monoisotopic (exact) mass is 356 g/mol. The van der Waals surface area contributed by atoms with Crippen molar-refractivity contribution < 1.29 is 19.5 Å². The second-order valence-corrected chi connectivity index (χ2v) is 6.32. The van der Waals surface area contributed by atoms with E-state index in [1.165, 1.54) is 16.9 Å². The molecule has 26 heavy (non-hydrogen) atoms. The number of rotatable bonds is 6. The van der Waals surface area contributed by atoms with Crippen molar-refractivity contribution in [3.63, 3.8) is 0 Å². The molecule has 2 N–H and O–H groups in total. The van der Waals surface area contributed by atoms with Crippen molar-refractivity contribution in [3.8, 4) is 0 Å². The fraction of sp³-hybridized carbons (Fsp3) is 0.333. The zero-order valence-corrected chi connectivity index (χ0v) is 14.3. The Labute approximate surface area is 150 Å². The van der Waals surface area contributed by atoms with Crippen LogP contribution in [0.15, 0.2) is 42.6 Å². The van der Waals surface area contributed by atoms with Crippen molar-refractivity contribution >= 4 is 23.6 Å². The number of carboxylic acids is 1. The normalized spacial score (nSPS) is 18.0. The van der Waals surface area contributed by atoms with E-state index in [9.17, 15) is 14.4 Å². The van der Waals surface area contributed by atoms with Crippen LogP contribution in [0.2, 0.25) is 0 Å². The van der Waals surface area contributed by atoms with Gasteiger partial charge in [-0.25, -0.2) is 0 Å². The van der Waals surface area contributed by atoms with Gasteiger partial charge in [0.05, 0.1) is 12.0 Å². The molecule has 8 nitrogen and oxygen atoms in total. The van der Waals surface area contributed by atoms with Crippen molar-refractivity contribution in [2.24, 2.45) is 5.92 Å². The lowest BCUT2D eigenvalue weighted by Gasteiger charge is -2.25. The lowest BCUT2D eigenvalue weighted by molar-refractivity contribution is -0.138. The van der Waals surface area contributed by atoms with Gasteiger partial charge in [0.25, 0.3) is 0 Å². The molecule has 1 aliphatic rings. The molecule has 1 aromatic carbocycles. The molecular formula is C18H20N4O4. The lowest BCUT2D eigenvalue weighted by Crippen LogP contribution is -2.30. The quantitative estimate of drug-likeness (QED) is 0.816. The first-order chi connectivity index (χ1) is 12.4. The van der Waals surface area contributed by atoms with E-state index in [1.807, 2.05) is 37.3 Å². The van der Waals surface area contributed by atoms with E-state index in [1.54, 1.807) is 4.90 Å². The number of carbonyl (C=O) groups excluding carboxylic acids is 2. The topological polar surface area (TPSA) is 105 Å². The van der Waals surface area contributed by atoms with Crippen LogP contribution >= 0.6 is 0 Å². The summed E-state index contributed by atoms with van der Waals surface area (Å²) in [6.07, 6.45) is 1.63. The van der Waals surface area contributed by atoms with E-state index in [0.29, 0.717) is 6.54 Å². The second kappa shape index (κ2) is 7.38. The fourth-order valence-corrected chi connectivity index (χ4v) is 3.08. The molecule has 2 aromatic rings. The first-order valence-corrected chi connectivity index (χ1v) is 8.34. The van der Waals surface area contributed by atoms with Gasteiger partial charge >= 0.3 is 5.97 Å². The van der Waals surface area contributed by atoms with Crippen molar-refractivity contribution in [3.05, 3.63) is 48.2 Å². The summed E-state index contributed by atoms with van der Waals surface area (Å²) in [5.41, 5.74) is 1.02. The Morgan fingerprint density at radius 2 is 2.04 bits per heavy atom. The van der Waals surface area contributed by atoms with Gasteiger partial charge in [-0.2, -0.15) is 5.10 Å². The molecule has 0 radical (unpaired) electrons. The van der Waals surface area contributed by atoms with Gasteiger partial charge in [0, 0.05) is 25.2 Å². The van der Waals surface area contributed by atoms with Crippen LogP contribution in [0, 0.1) is 5.92 Å². The number of benzene rings is 1. The molecule has 2 amide bonds. The highest BCUT2D eigenvalue weighted by Crippen LogP contribution is 2.28. The number of amides is 2. The molecule has 0 spiro atoms. The third kappa shape index (κ3) is 3.90. The number of likely N-dealkylation sites (tertiary alicyclic amines) is 1. The molecule has 2 atom stereocenters. The third-order valence-electron chi connectivity index (χ3n) is 4.47. The number of carboxylic acid groups (broad SMARTS) is 1. The van der Waals surface area contributed by atoms with Crippen molar-refractivity contribution in [2.45, 2.75) is 25.9 Å². The van der Waals surface area contributed by atoms with Crippen molar-refractivity contribution in [1.82, 2.24) is 14.7 Å². The van der Waals surface area contributed by atoms with Gasteiger partial charge in [-0.15, -0.1) is 0 Å². The summed E-state index contributed by atoms with van der Waals surface area (Å²) in [6.45, 7) is 2.01. The zero-order chi connectivity index (χ0) is 18.7. The molecule has 8 heteroatoms. The highest BCUT2D eigenvalue weighted by Gasteiger charge is 2.37. The van der Waals surface area contributed by atoms with Crippen LogP contribution in [0.5, 0.6) is 0 Å². The maximum absolute atomic E-state index is 12.4. The first-order valence-electron chi connectivity index (χ1n) is 8.34. The molecule has 2 heterocycles. The maximum atomic E-state index is 12.4. The fourth-order valence-electron chi connectivity index (χ4n) is 3.08. The number of aliphatic carboxylic acids is 1. The van der Waals surface area contributed by atoms with Gasteiger partial charge in [0.15, 0.2) is 5.82 Å². The highest BCUT2D eigenvalue weighted by molar-refractivity contribution is 5.96. The van der Waals surface area contributed by atoms with Gasteiger partial charge in [-0.05, 0) is 12.5 Å². The molecule has 0 saturated carbocycles. The minimum atomic E-state index is -1.02. The Morgan fingerprint density at radius 1 is 1.31 bits per heavy atom. The Hall–Kier alpha value is -3.16. The van der Waals surface area contributed by atoms with Crippen LogP contribution in [0.4, 0.5) is 5.82 Å². The Balaban J connectivity index is 1.62. The summed E-state index contributed by atoms with van der Waals surface area (Å²) in [5.74, 6) is -1.55. The summed E-state index contributed by atoms with van der Waals surface area (Å²) < 4.78 is 1.22. The summed E-state index contributed by atoms with van der Waals surface area (Å²) in [5, 5.41) is 15.4. The number of aromatic nitrogens is 2. The summed E-state index contributed by atoms with van der Waals surface area (Å²) >= 11 is 0. The van der Waals surface area contributed by atoms with E-state index < -0.39 is 11.9 Å². The highest BCUT2D eigenvalue weighted by atomic mass is 16.4. The summed E-state index contributed by atoms with van der Waals surface area (Å²) in [4.78, 5) is 37.2. The average molecular weight is 356 g/mol. The van der Waals surface area contributed by atoms with Crippen molar-refractivity contribution in [1.29, 1.82) is 0 Å². The van der Waals surface area contributed by atoms with E-state index in [2.05, 4.69) is 10.4 Å². The number of nitrogens with one attached hydrogen (secondary N) is 1. The van der Waals surface area contributed by atoms with E-state index >= 15 is 0 Å². The molecule has 0 unspecified atom stereocenters. The maximum Gasteiger partial charge on any atom is 0.325 e. The van der Waals surface area contributed by atoms with Crippen LogP contribution in [-0.2, 0) is 20.9 Å². The Kier molecular flexibility index (Phi) is 5.01. The predicted octanol–water partition coefficient (Wildman–Crippen LogP) is 1.52.